The lowest BCUT2D eigenvalue weighted by atomic mass is 10.0. The van der Waals surface area contributed by atoms with Crippen LogP contribution in [0.5, 0.6) is 5.75 Å². The van der Waals surface area contributed by atoms with E-state index in [2.05, 4.69) is 5.32 Å². The van der Waals surface area contributed by atoms with Crippen molar-refractivity contribution < 1.29 is 14.3 Å². The molecular formula is C19H21NO3. The number of ketones is 1. The van der Waals surface area contributed by atoms with Crippen molar-refractivity contribution in [2.24, 2.45) is 0 Å². The highest BCUT2D eigenvalue weighted by Gasteiger charge is 2.13. The summed E-state index contributed by atoms with van der Waals surface area (Å²) in [6.45, 7) is 5.42. The molecule has 4 heteroatoms. The first-order valence-corrected chi connectivity index (χ1v) is 7.46. The maximum Gasteiger partial charge on any atom is 0.228 e. The van der Waals surface area contributed by atoms with E-state index in [4.69, 9.17) is 4.74 Å². The summed E-state index contributed by atoms with van der Waals surface area (Å²) in [5, 5.41) is 2.95. The first-order valence-electron chi connectivity index (χ1n) is 7.46. The fraction of sp³-hybridized carbons (Fsp3) is 0.263. The van der Waals surface area contributed by atoms with E-state index in [0.29, 0.717) is 16.9 Å². The van der Waals surface area contributed by atoms with Crippen LogP contribution in [0.4, 0.5) is 5.69 Å². The van der Waals surface area contributed by atoms with Crippen molar-refractivity contribution in [3.05, 3.63) is 58.7 Å². The molecule has 2 aromatic rings. The first-order chi connectivity index (χ1) is 10.9. The van der Waals surface area contributed by atoms with E-state index in [9.17, 15) is 9.59 Å². The van der Waals surface area contributed by atoms with Crippen molar-refractivity contribution in [2.45, 2.75) is 27.2 Å². The van der Waals surface area contributed by atoms with E-state index in [-0.39, 0.29) is 18.1 Å². The summed E-state index contributed by atoms with van der Waals surface area (Å²) < 4.78 is 5.29. The Labute approximate surface area is 136 Å². The number of anilines is 1. The number of rotatable bonds is 5. The van der Waals surface area contributed by atoms with Gasteiger partial charge in [-0.15, -0.1) is 0 Å². The van der Waals surface area contributed by atoms with Gasteiger partial charge in [0.25, 0.3) is 0 Å². The third-order valence-corrected chi connectivity index (χ3v) is 3.78. The molecule has 2 aromatic carbocycles. The highest BCUT2D eigenvalue weighted by atomic mass is 16.5. The molecule has 0 saturated heterocycles. The fourth-order valence-electron chi connectivity index (χ4n) is 2.50. The second-order valence-electron chi connectivity index (χ2n) is 5.57. The van der Waals surface area contributed by atoms with Crippen LogP contribution in [0.15, 0.2) is 36.4 Å². The molecule has 23 heavy (non-hydrogen) atoms. The number of hydrogen-bond donors (Lipinski definition) is 1. The molecule has 1 N–H and O–H groups in total. The predicted octanol–water partition coefficient (Wildman–Crippen LogP) is 3.70. The minimum atomic E-state index is -0.138. The molecule has 0 aliphatic carbocycles. The quantitative estimate of drug-likeness (QED) is 0.857. The van der Waals surface area contributed by atoms with Gasteiger partial charge in [-0.05, 0) is 50.1 Å². The van der Waals surface area contributed by atoms with E-state index < -0.39 is 0 Å². The summed E-state index contributed by atoms with van der Waals surface area (Å²) >= 11 is 0. The standard InChI is InChI=1S/C19H21NO3/c1-12-6-5-7-13(2)19(12)20-18(22)11-16-10-15(14(3)21)8-9-17(16)23-4/h5-10H,11H2,1-4H3,(H,20,22). The van der Waals surface area contributed by atoms with Crippen molar-refractivity contribution >= 4 is 17.4 Å². The lowest BCUT2D eigenvalue weighted by Crippen LogP contribution is -2.16. The van der Waals surface area contributed by atoms with Gasteiger partial charge in [0.05, 0.1) is 13.5 Å². The van der Waals surface area contributed by atoms with Crippen LogP contribution in [0.2, 0.25) is 0 Å². The molecule has 0 heterocycles. The van der Waals surface area contributed by atoms with Crippen LogP contribution >= 0.6 is 0 Å². The van der Waals surface area contributed by atoms with Gasteiger partial charge < -0.3 is 10.1 Å². The SMILES string of the molecule is COc1ccc(C(C)=O)cc1CC(=O)Nc1c(C)cccc1C. The Hall–Kier alpha value is -2.62. The molecule has 4 nitrogen and oxygen atoms in total. The van der Waals surface area contributed by atoms with E-state index in [1.165, 1.54) is 6.92 Å². The summed E-state index contributed by atoms with van der Waals surface area (Å²) in [6, 6.07) is 11.0. The number of ether oxygens (including phenoxy) is 1. The zero-order chi connectivity index (χ0) is 17.0. The first kappa shape index (κ1) is 16.7. The van der Waals surface area contributed by atoms with Gasteiger partial charge in [0.1, 0.15) is 5.75 Å². The summed E-state index contributed by atoms with van der Waals surface area (Å²) in [5.74, 6) is 0.428. The molecule has 0 spiro atoms. The van der Waals surface area contributed by atoms with Crippen LogP contribution in [0.3, 0.4) is 0 Å². The predicted molar refractivity (Wildman–Crippen MR) is 91.2 cm³/mol. The van der Waals surface area contributed by atoms with Crippen LogP contribution in [0.25, 0.3) is 0 Å². The molecule has 0 unspecified atom stereocenters. The van der Waals surface area contributed by atoms with Crippen molar-refractivity contribution in [1.29, 1.82) is 0 Å². The van der Waals surface area contributed by atoms with Crippen LogP contribution < -0.4 is 10.1 Å². The highest BCUT2D eigenvalue weighted by Crippen LogP contribution is 2.23. The van der Waals surface area contributed by atoms with Crippen molar-refractivity contribution in [3.8, 4) is 5.75 Å². The summed E-state index contributed by atoms with van der Waals surface area (Å²) in [6.07, 6.45) is 0.151. The number of benzene rings is 2. The molecule has 0 aliphatic heterocycles. The Kier molecular flexibility index (Phi) is 5.16. The molecule has 0 atom stereocenters. The number of hydrogen-bond acceptors (Lipinski definition) is 3. The molecule has 0 aliphatic rings. The van der Waals surface area contributed by atoms with Crippen LogP contribution in [0, 0.1) is 13.8 Å². The highest BCUT2D eigenvalue weighted by molar-refractivity contribution is 5.96. The number of para-hydroxylation sites is 1. The normalized spacial score (nSPS) is 10.3. The molecule has 120 valence electrons. The number of nitrogens with one attached hydrogen (secondary N) is 1. The number of Topliss-reactive ketones (excluding diaryl/α,β-unsaturated/α-hetero) is 1. The van der Waals surface area contributed by atoms with Gasteiger partial charge in [-0.1, -0.05) is 18.2 Å². The van der Waals surface area contributed by atoms with E-state index >= 15 is 0 Å². The van der Waals surface area contributed by atoms with Crippen LogP contribution in [-0.2, 0) is 11.2 Å². The zero-order valence-corrected chi connectivity index (χ0v) is 13.9. The minimum Gasteiger partial charge on any atom is -0.496 e. The lowest BCUT2D eigenvalue weighted by Gasteiger charge is -2.13. The van der Waals surface area contributed by atoms with E-state index in [1.54, 1.807) is 25.3 Å². The van der Waals surface area contributed by atoms with Gasteiger partial charge >= 0.3 is 0 Å². The Bertz CT molecular complexity index is 730. The molecule has 1 amide bonds. The maximum absolute atomic E-state index is 12.4. The molecule has 2 rings (SSSR count). The third-order valence-electron chi connectivity index (χ3n) is 3.78. The Balaban J connectivity index is 2.23. The average Bonchev–Trinajstić information content (AvgIpc) is 2.51. The van der Waals surface area contributed by atoms with Crippen LogP contribution in [0.1, 0.15) is 34.0 Å². The number of carbonyl (C=O) groups excluding carboxylic acids is 2. The lowest BCUT2D eigenvalue weighted by molar-refractivity contribution is -0.115. The Morgan fingerprint density at radius 2 is 1.74 bits per heavy atom. The van der Waals surface area contributed by atoms with Gasteiger partial charge in [-0.2, -0.15) is 0 Å². The number of methoxy groups -OCH3 is 1. The van der Waals surface area contributed by atoms with Gasteiger partial charge in [0, 0.05) is 16.8 Å². The minimum absolute atomic E-state index is 0.0379. The molecule has 0 radical (unpaired) electrons. The topological polar surface area (TPSA) is 55.4 Å². The Morgan fingerprint density at radius 3 is 2.30 bits per heavy atom. The van der Waals surface area contributed by atoms with Crippen molar-refractivity contribution in [2.75, 3.05) is 12.4 Å². The number of amides is 1. The molecule has 0 saturated carbocycles. The molecule has 0 fully saturated rings. The molecular weight excluding hydrogens is 290 g/mol. The van der Waals surface area contributed by atoms with Gasteiger partial charge in [0.15, 0.2) is 5.78 Å². The van der Waals surface area contributed by atoms with Crippen LogP contribution in [-0.4, -0.2) is 18.8 Å². The van der Waals surface area contributed by atoms with Gasteiger partial charge in [0.2, 0.25) is 5.91 Å². The van der Waals surface area contributed by atoms with E-state index in [1.807, 2.05) is 32.0 Å². The van der Waals surface area contributed by atoms with Gasteiger partial charge in [-0.25, -0.2) is 0 Å². The second kappa shape index (κ2) is 7.09. The molecule has 0 bridgehead atoms. The fourth-order valence-corrected chi connectivity index (χ4v) is 2.50. The zero-order valence-electron chi connectivity index (χ0n) is 13.9. The molecule has 0 aromatic heterocycles. The monoisotopic (exact) mass is 311 g/mol. The Morgan fingerprint density at radius 1 is 1.09 bits per heavy atom. The second-order valence-corrected chi connectivity index (χ2v) is 5.57. The van der Waals surface area contributed by atoms with Gasteiger partial charge in [-0.3, -0.25) is 9.59 Å². The maximum atomic E-state index is 12.4. The largest absolute Gasteiger partial charge is 0.496 e. The number of aryl methyl sites for hydroxylation is 2. The van der Waals surface area contributed by atoms with Crippen molar-refractivity contribution in [1.82, 2.24) is 0 Å². The van der Waals surface area contributed by atoms with E-state index in [0.717, 1.165) is 16.8 Å². The third kappa shape index (κ3) is 3.97. The summed E-state index contributed by atoms with van der Waals surface area (Å²) in [7, 11) is 1.55. The summed E-state index contributed by atoms with van der Waals surface area (Å²) in [4.78, 5) is 23.9. The smallest absolute Gasteiger partial charge is 0.228 e. The number of carbonyl (C=O) groups is 2. The summed E-state index contributed by atoms with van der Waals surface area (Å²) in [5.41, 5.74) is 4.13. The average molecular weight is 311 g/mol. The van der Waals surface area contributed by atoms with Crippen molar-refractivity contribution in [3.63, 3.8) is 0 Å².